The van der Waals surface area contributed by atoms with E-state index in [1.807, 2.05) is 18.3 Å². The van der Waals surface area contributed by atoms with Gasteiger partial charge in [0.25, 0.3) is 0 Å². The minimum atomic E-state index is -0.890. The number of carbonyl (C=O) groups is 1. The Morgan fingerprint density at radius 3 is 2.58 bits per heavy atom. The molecular weight excluding hydrogens is 351 g/mol. The van der Waals surface area contributed by atoms with E-state index in [1.165, 1.54) is 6.20 Å². The summed E-state index contributed by atoms with van der Waals surface area (Å²) in [5, 5.41) is 11.7. The highest BCUT2D eigenvalue weighted by atomic mass is 35.5. The molecule has 0 aliphatic rings. The highest BCUT2D eigenvalue weighted by Crippen LogP contribution is 2.17. The molecule has 2 N–H and O–H groups in total. The molecule has 0 spiro atoms. The van der Waals surface area contributed by atoms with Crippen molar-refractivity contribution in [2.24, 2.45) is 0 Å². The highest BCUT2D eigenvalue weighted by molar-refractivity contribution is 6.31. The van der Waals surface area contributed by atoms with Crippen molar-refractivity contribution in [2.45, 2.75) is 6.54 Å². The summed E-state index contributed by atoms with van der Waals surface area (Å²) in [5.74, 6) is -0.890. The molecule has 24 heavy (non-hydrogen) atoms. The van der Waals surface area contributed by atoms with Crippen molar-refractivity contribution < 1.29 is 9.90 Å². The first kappa shape index (κ1) is 16.3. The smallest absolute Gasteiger partial charge is 0.323 e. The molecular formula is C16H12Cl2N4O2. The number of halogens is 2. The van der Waals surface area contributed by atoms with E-state index in [9.17, 15) is 4.79 Å². The van der Waals surface area contributed by atoms with Crippen molar-refractivity contribution in [2.75, 3.05) is 0 Å². The second-order valence-electron chi connectivity index (χ2n) is 4.97. The number of hydrogen-bond donors (Lipinski definition) is 2. The van der Waals surface area contributed by atoms with Crippen LogP contribution in [-0.4, -0.2) is 30.6 Å². The number of rotatable bonds is 2. The number of H-pyrrole nitrogens is 1. The predicted molar refractivity (Wildman–Crippen MR) is 93.5 cm³/mol. The van der Waals surface area contributed by atoms with Gasteiger partial charge >= 0.3 is 5.97 Å². The summed E-state index contributed by atoms with van der Waals surface area (Å²) in [4.78, 5) is 21.6. The molecule has 4 rings (SSSR count). The molecule has 122 valence electrons. The maximum atomic E-state index is 10.5. The van der Waals surface area contributed by atoms with Crippen LogP contribution in [0.25, 0.3) is 22.1 Å². The van der Waals surface area contributed by atoms with Crippen molar-refractivity contribution in [3.05, 3.63) is 59.1 Å². The Morgan fingerprint density at radius 1 is 1.12 bits per heavy atom. The number of carboxylic acid groups (broad SMARTS) is 1. The number of carboxylic acids is 1. The first-order valence-corrected chi connectivity index (χ1v) is 7.69. The summed E-state index contributed by atoms with van der Waals surface area (Å²) in [5.41, 5.74) is 1.52. The molecule has 4 aromatic heterocycles. The Morgan fingerprint density at radius 2 is 1.83 bits per heavy atom. The van der Waals surface area contributed by atoms with Gasteiger partial charge in [0.2, 0.25) is 0 Å². The van der Waals surface area contributed by atoms with E-state index in [-0.39, 0.29) is 6.54 Å². The average molecular weight is 363 g/mol. The van der Waals surface area contributed by atoms with Crippen LogP contribution in [0.3, 0.4) is 0 Å². The van der Waals surface area contributed by atoms with Crippen LogP contribution in [0.2, 0.25) is 10.0 Å². The molecule has 6 nitrogen and oxygen atoms in total. The van der Waals surface area contributed by atoms with Gasteiger partial charge in [-0.1, -0.05) is 23.2 Å². The van der Waals surface area contributed by atoms with Crippen LogP contribution < -0.4 is 0 Å². The van der Waals surface area contributed by atoms with Crippen LogP contribution in [0.15, 0.2) is 49.1 Å². The van der Waals surface area contributed by atoms with Crippen LogP contribution in [0, 0.1) is 0 Å². The molecule has 0 atom stereocenters. The van der Waals surface area contributed by atoms with E-state index < -0.39 is 5.97 Å². The fourth-order valence-corrected chi connectivity index (χ4v) is 2.57. The third kappa shape index (κ3) is 3.67. The SMILES string of the molecule is Clc1cnc2[nH]ccc2c1.O=C(O)Cn1ccc2cc(Cl)cnc21. The number of aromatic amines is 1. The lowest BCUT2D eigenvalue weighted by Gasteiger charge is -1.99. The fourth-order valence-electron chi connectivity index (χ4n) is 2.24. The van der Waals surface area contributed by atoms with Crippen molar-refractivity contribution in [1.29, 1.82) is 0 Å². The monoisotopic (exact) mass is 362 g/mol. The quantitative estimate of drug-likeness (QED) is 0.564. The Bertz CT molecular complexity index is 1010. The average Bonchev–Trinajstić information content (AvgIpc) is 3.14. The summed E-state index contributed by atoms with van der Waals surface area (Å²) in [6.45, 7) is -0.0852. The molecule has 0 aliphatic carbocycles. The lowest BCUT2D eigenvalue weighted by molar-refractivity contribution is -0.137. The Kier molecular flexibility index (Phi) is 4.69. The lowest BCUT2D eigenvalue weighted by Crippen LogP contribution is -2.07. The number of aliphatic carboxylic acids is 1. The molecule has 0 radical (unpaired) electrons. The van der Waals surface area contributed by atoms with Gasteiger partial charge in [0.1, 0.15) is 17.8 Å². The molecule has 4 heterocycles. The second kappa shape index (κ2) is 6.90. The van der Waals surface area contributed by atoms with Gasteiger partial charge in [0, 0.05) is 35.6 Å². The van der Waals surface area contributed by atoms with E-state index in [4.69, 9.17) is 28.3 Å². The van der Waals surface area contributed by atoms with Crippen molar-refractivity contribution in [3.8, 4) is 0 Å². The molecule has 0 fully saturated rings. The zero-order valence-electron chi connectivity index (χ0n) is 12.3. The molecule has 0 saturated carbocycles. The number of nitrogens with zero attached hydrogens (tertiary/aromatic N) is 3. The molecule has 0 bridgehead atoms. The van der Waals surface area contributed by atoms with Crippen LogP contribution >= 0.6 is 23.2 Å². The normalized spacial score (nSPS) is 10.6. The van der Waals surface area contributed by atoms with Crippen LogP contribution in [-0.2, 0) is 11.3 Å². The van der Waals surface area contributed by atoms with Gasteiger partial charge in [-0.2, -0.15) is 0 Å². The van der Waals surface area contributed by atoms with Gasteiger partial charge in [0.15, 0.2) is 0 Å². The minimum absolute atomic E-state index is 0.0852. The van der Waals surface area contributed by atoms with E-state index in [2.05, 4.69) is 15.0 Å². The summed E-state index contributed by atoms with van der Waals surface area (Å²) in [7, 11) is 0. The van der Waals surface area contributed by atoms with Crippen LogP contribution in [0.5, 0.6) is 0 Å². The van der Waals surface area contributed by atoms with E-state index in [0.29, 0.717) is 15.7 Å². The molecule has 0 aromatic carbocycles. The largest absolute Gasteiger partial charge is 0.480 e. The summed E-state index contributed by atoms with van der Waals surface area (Å²) < 4.78 is 1.56. The summed E-state index contributed by atoms with van der Waals surface area (Å²) in [6, 6.07) is 7.36. The molecule has 0 unspecified atom stereocenters. The zero-order valence-corrected chi connectivity index (χ0v) is 13.8. The number of nitrogens with one attached hydrogen (secondary N) is 1. The molecule has 0 aliphatic heterocycles. The number of fused-ring (bicyclic) bond motifs is 2. The van der Waals surface area contributed by atoms with Crippen LogP contribution in [0.4, 0.5) is 0 Å². The standard InChI is InChI=1S/C9H7ClN2O2.C7H5ClN2/c10-7-3-6-1-2-12(5-8(13)14)9(6)11-4-7;8-6-3-5-1-2-9-7(5)10-4-6/h1-4H,5H2,(H,13,14);1-4H,(H,9,10). The van der Waals surface area contributed by atoms with E-state index in [0.717, 1.165) is 16.4 Å². The van der Waals surface area contributed by atoms with Crippen LogP contribution in [0.1, 0.15) is 0 Å². The second-order valence-corrected chi connectivity index (χ2v) is 5.85. The summed E-state index contributed by atoms with van der Waals surface area (Å²) in [6.07, 6.45) is 6.65. The number of hydrogen-bond acceptors (Lipinski definition) is 3. The number of aromatic nitrogens is 4. The topological polar surface area (TPSA) is 83.8 Å². The zero-order chi connectivity index (χ0) is 17.1. The molecule has 8 heteroatoms. The highest BCUT2D eigenvalue weighted by Gasteiger charge is 2.05. The Hall–Kier alpha value is -2.57. The molecule has 4 aromatic rings. The van der Waals surface area contributed by atoms with Gasteiger partial charge in [-0.25, -0.2) is 9.97 Å². The minimum Gasteiger partial charge on any atom is -0.480 e. The molecule has 0 saturated heterocycles. The Balaban J connectivity index is 0.000000149. The lowest BCUT2D eigenvalue weighted by atomic mass is 10.3. The third-order valence-corrected chi connectivity index (χ3v) is 3.65. The van der Waals surface area contributed by atoms with Gasteiger partial charge < -0.3 is 14.7 Å². The van der Waals surface area contributed by atoms with Crippen molar-refractivity contribution in [3.63, 3.8) is 0 Å². The fraction of sp³-hybridized carbons (Fsp3) is 0.0625. The van der Waals surface area contributed by atoms with Gasteiger partial charge in [0.05, 0.1) is 10.0 Å². The number of pyridine rings is 2. The van der Waals surface area contributed by atoms with E-state index >= 15 is 0 Å². The van der Waals surface area contributed by atoms with Gasteiger partial charge in [-0.05, 0) is 24.3 Å². The summed E-state index contributed by atoms with van der Waals surface area (Å²) >= 11 is 11.4. The van der Waals surface area contributed by atoms with Gasteiger partial charge in [-0.15, -0.1) is 0 Å². The predicted octanol–water partition coefficient (Wildman–Crippen LogP) is 3.99. The van der Waals surface area contributed by atoms with Crippen molar-refractivity contribution in [1.82, 2.24) is 19.5 Å². The molecule has 0 amide bonds. The maximum Gasteiger partial charge on any atom is 0.323 e. The first-order chi connectivity index (χ1) is 11.5. The third-order valence-electron chi connectivity index (χ3n) is 3.24. The van der Waals surface area contributed by atoms with E-state index in [1.54, 1.807) is 29.1 Å². The maximum absolute atomic E-state index is 10.5. The van der Waals surface area contributed by atoms with Crippen molar-refractivity contribution >= 4 is 51.2 Å². The Labute approximate surface area is 146 Å². The first-order valence-electron chi connectivity index (χ1n) is 6.94. The van der Waals surface area contributed by atoms with Gasteiger partial charge in [-0.3, -0.25) is 4.79 Å².